The zero-order chi connectivity index (χ0) is 11.4. The van der Waals surface area contributed by atoms with Gasteiger partial charge in [-0.2, -0.15) is 0 Å². The minimum atomic E-state index is 0.654. The van der Waals surface area contributed by atoms with Crippen molar-refractivity contribution in [1.29, 1.82) is 0 Å². The van der Waals surface area contributed by atoms with Crippen LogP contribution in [0.1, 0.15) is 6.92 Å². The van der Waals surface area contributed by atoms with Gasteiger partial charge in [-0.15, -0.1) is 0 Å². The number of benzene rings is 1. The highest BCUT2D eigenvalue weighted by Crippen LogP contribution is 2.20. The lowest BCUT2D eigenvalue weighted by molar-refractivity contribution is 0.340. The highest BCUT2D eigenvalue weighted by molar-refractivity contribution is 7.71. The molecular weight excluding hydrogens is 220 g/mol. The van der Waals surface area contributed by atoms with Crippen molar-refractivity contribution >= 4 is 12.2 Å². The second-order valence-electron chi connectivity index (χ2n) is 3.24. The Balaban J connectivity index is 2.40. The van der Waals surface area contributed by atoms with E-state index in [0.29, 0.717) is 11.2 Å². The van der Waals surface area contributed by atoms with Crippen LogP contribution in [-0.2, 0) is 0 Å². The summed E-state index contributed by atoms with van der Waals surface area (Å²) >= 11 is 5.06. The first-order chi connectivity index (χ1) is 7.79. The molecule has 1 heterocycles. The van der Waals surface area contributed by atoms with Crippen LogP contribution < -0.4 is 4.74 Å². The number of rotatable bonds is 3. The van der Waals surface area contributed by atoms with Gasteiger partial charge in [0.1, 0.15) is 16.2 Å². The fourth-order valence-corrected chi connectivity index (χ4v) is 1.57. The first-order valence-corrected chi connectivity index (χ1v) is 5.49. The number of aromatic amines is 1. The van der Waals surface area contributed by atoms with Crippen LogP contribution in [0.2, 0.25) is 0 Å². The molecule has 2 rings (SSSR count). The first-order valence-electron chi connectivity index (χ1n) is 5.08. The standard InChI is InChI=1S/C12H12N2OS/c1-2-15-10-5-3-4-9(8-10)12-13-7-6-11(16)14-12/h3-8H,2H2,1H3,(H,13,14,16). The summed E-state index contributed by atoms with van der Waals surface area (Å²) in [5, 5.41) is 0. The topological polar surface area (TPSA) is 37.9 Å². The normalized spacial score (nSPS) is 10.1. The number of nitrogens with one attached hydrogen (secondary N) is 1. The molecule has 0 aliphatic carbocycles. The highest BCUT2D eigenvalue weighted by atomic mass is 32.1. The molecule has 0 unspecified atom stereocenters. The van der Waals surface area contributed by atoms with E-state index in [9.17, 15) is 0 Å². The number of hydrogen-bond acceptors (Lipinski definition) is 3. The largest absolute Gasteiger partial charge is 0.494 e. The predicted molar refractivity (Wildman–Crippen MR) is 66.0 cm³/mol. The summed E-state index contributed by atoms with van der Waals surface area (Å²) in [5.41, 5.74) is 0.970. The Morgan fingerprint density at radius 3 is 3.00 bits per heavy atom. The quantitative estimate of drug-likeness (QED) is 0.826. The molecule has 2 aromatic rings. The summed E-state index contributed by atoms with van der Waals surface area (Å²) < 4.78 is 6.10. The van der Waals surface area contributed by atoms with Crippen LogP contribution >= 0.6 is 12.2 Å². The monoisotopic (exact) mass is 232 g/mol. The lowest BCUT2D eigenvalue weighted by atomic mass is 10.2. The van der Waals surface area contributed by atoms with E-state index in [-0.39, 0.29) is 0 Å². The molecule has 1 N–H and O–H groups in total. The van der Waals surface area contributed by atoms with Crippen LogP contribution in [0.3, 0.4) is 0 Å². The van der Waals surface area contributed by atoms with Crippen molar-refractivity contribution in [3.05, 3.63) is 41.2 Å². The second kappa shape index (κ2) is 4.90. The Hall–Kier alpha value is -1.68. The Morgan fingerprint density at radius 2 is 2.25 bits per heavy atom. The van der Waals surface area contributed by atoms with E-state index in [2.05, 4.69) is 9.97 Å². The molecule has 0 amide bonds. The molecule has 0 saturated heterocycles. The van der Waals surface area contributed by atoms with E-state index >= 15 is 0 Å². The van der Waals surface area contributed by atoms with Crippen LogP contribution in [0.25, 0.3) is 11.4 Å². The van der Waals surface area contributed by atoms with Gasteiger partial charge >= 0.3 is 0 Å². The van der Waals surface area contributed by atoms with Crippen LogP contribution in [0, 0.1) is 4.64 Å². The second-order valence-corrected chi connectivity index (χ2v) is 3.68. The van der Waals surface area contributed by atoms with Crippen LogP contribution in [0.5, 0.6) is 5.75 Å². The molecule has 0 spiro atoms. The van der Waals surface area contributed by atoms with Gasteiger partial charge in [-0.05, 0) is 25.1 Å². The van der Waals surface area contributed by atoms with Gasteiger partial charge in [0.2, 0.25) is 0 Å². The van der Waals surface area contributed by atoms with Gasteiger partial charge in [0.05, 0.1) is 6.61 Å². The summed E-state index contributed by atoms with van der Waals surface area (Å²) in [7, 11) is 0. The van der Waals surface area contributed by atoms with E-state index in [0.717, 1.165) is 17.1 Å². The molecule has 0 saturated carbocycles. The van der Waals surface area contributed by atoms with Gasteiger partial charge in [-0.1, -0.05) is 24.4 Å². The van der Waals surface area contributed by atoms with Gasteiger partial charge in [0, 0.05) is 11.8 Å². The van der Waals surface area contributed by atoms with Crippen LogP contribution in [0.4, 0.5) is 0 Å². The average Bonchev–Trinajstić information content (AvgIpc) is 2.30. The van der Waals surface area contributed by atoms with E-state index in [1.54, 1.807) is 12.3 Å². The third-order valence-electron chi connectivity index (χ3n) is 2.09. The predicted octanol–water partition coefficient (Wildman–Crippen LogP) is 3.20. The molecular formula is C12H12N2OS. The lowest BCUT2D eigenvalue weighted by Crippen LogP contribution is -1.93. The highest BCUT2D eigenvalue weighted by Gasteiger charge is 2.00. The van der Waals surface area contributed by atoms with Gasteiger partial charge < -0.3 is 9.72 Å². The number of hydrogen-bond donors (Lipinski definition) is 1. The van der Waals surface area contributed by atoms with Gasteiger partial charge in [-0.3, -0.25) is 0 Å². The number of aromatic nitrogens is 2. The smallest absolute Gasteiger partial charge is 0.138 e. The number of H-pyrrole nitrogens is 1. The third kappa shape index (κ3) is 2.46. The fraction of sp³-hybridized carbons (Fsp3) is 0.167. The molecule has 1 aromatic carbocycles. The van der Waals surface area contributed by atoms with Crippen molar-refractivity contribution in [1.82, 2.24) is 9.97 Å². The van der Waals surface area contributed by atoms with E-state index in [1.807, 2.05) is 31.2 Å². The minimum absolute atomic E-state index is 0.654. The van der Waals surface area contributed by atoms with Gasteiger partial charge in [-0.25, -0.2) is 4.98 Å². The molecule has 0 atom stereocenters. The molecule has 0 aliphatic rings. The van der Waals surface area contributed by atoms with E-state index in [4.69, 9.17) is 17.0 Å². The Bertz CT molecular complexity index is 536. The molecule has 0 fully saturated rings. The molecule has 1 aromatic heterocycles. The fourth-order valence-electron chi connectivity index (χ4n) is 1.42. The van der Waals surface area contributed by atoms with Crippen molar-refractivity contribution < 1.29 is 4.74 Å². The summed E-state index contributed by atoms with van der Waals surface area (Å²) in [6, 6.07) is 9.52. The Morgan fingerprint density at radius 1 is 1.38 bits per heavy atom. The van der Waals surface area contributed by atoms with Crippen molar-refractivity contribution in [2.24, 2.45) is 0 Å². The SMILES string of the molecule is CCOc1cccc(-c2nccc(=S)[nH]2)c1. The third-order valence-corrected chi connectivity index (χ3v) is 2.33. The lowest BCUT2D eigenvalue weighted by Gasteiger charge is -2.05. The van der Waals surface area contributed by atoms with E-state index in [1.165, 1.54) is 0 Å². The Labute approximate surface area is 99.1 Å². The van der Waals surface area contributed by atoms with Gasteiger partial charge in [0.25, 0.3) is 0 Å². The molecule has 4 heteroatoms. The molecule has 0 aliphatic heterocycles. The van der Waals surface area contributed by atoms with Crippen LogP contribution in [-0.4, -0.2) is 16.6 Å². The minimum Gasteiger partial charge on any atom is -0.494 e. The zero-order valence-electron chi connectivity index (χ0n) is 8.93. The first kappa shape index (κ1) is 10.8. The summed E-state index contributed by atoms with van der Waals surface area (Å²) in [6.45, 7) is 2.61. The van der Waals surface area contributed by atoms with Crippen LogP contribution in [0.15, 0.2) is 36.5 Å². The van der Waals surface area contributed by atoms with Crippen molar-refractivity contribution in [2.75, 3.05) is 6.61 Å². The average molecular weight is 232 g/mol. The molecule has 16 heavy (non-hydrogen) atoms. The maximum absolute atomic E-state index is 5.43. The molecule has 3 nitrogen and oxygen atoms in total. The molecule has 0 radical (unpaired) electrons. The number of ether oxygens (including phenoxy) is 1. The maximum Gasteiger partial charge on any atom is 0.138 e. The summed E-state index contributed by atoms with van der Waals surface area (Å²) in [5.74, 6) is 1.60. The van der Waals surface area contributed by atoms with Crippen molar-refractivity contribution in [3.63, 3.8) is 0 Å². The van der Waals surface area contributed by atoms with Crippen molar-refractivity contribution in [2.45, 2.75) is 6.92 Å². The number of nitrogens with zero attached hydrogens (tertiary/aromatic N) is 1. The zero-order valence-corrected chi connectivity index (χ0v) is 9.75. The van der Waals surface area contributed by atoms with Gasteiger partial charge in [0.15, 0.2) is 0 Å². The Kier molecular flexibility index (Phi) is 3.31. The summed E-state index contributed by atoms with van der Waals surface area (Å²) in [4.78, 5) is 7.27. The molecule has 82 valence electrons. The van der Waals surface area contributed by atoms with Crippen molar-refractivity contribution in [3.8, 4) is 17.1 Å². The molecule has 0 bridgehead atoms. The maximum atomic E-state index is 5.43. The van der Waals surface area contributed by atoms with E-state index < -0.39 is 0 Å². The summed E-state index contributed by atoms with van der Waals surface area (Å²) in [6.07, 6.45) is 1.70.